The zero-order valence-electron chi connectivity index (χ0n) is 19.9. The Balaban J connectivity index is 1.65. The van der Waals surface area contributed by atoms with E-state index in [1.54, 1.807) is 0 Å². The van der Waals surface area contributed by atoms with Crippen molar-refractivity contribution in [1.82, 2.24) is 10.6 Å². The number of aliphatic hydroxyl groups excluding tert-OH is 1. The van der Waals surface area contributed by atoms with E-state index < -0.39 is 18.0 Å². The zero-order valence-corrected chi connectivity index (χ0v) is 19.9. The molecule has 1 aliphatic rings. The Labute approximate surface area is 206 Å². The Morgan fingerprint density at radius 2 is 1.71 bits per heavy atom. The predicted octanol–water partition coefficient (Wildman–Crippen LogP) is 2.72. The van der Waals surface area contributed by atoms with Gasteiger partial charge in [0.1, 0.15) is 6.61 Å². The summed E-state index contributed by atoms with van der Waals surface area (Å²) in [6, 6.07) is 18.5. The molecule has 0 saturated carbocycles. The lowest BCUT2D eigenvalue weighted by atomic mass is 9.97. The van der Waals surface area contributed by atoms with Crippen molar-refractivity contribution in [2.45, 2.75) is 50.6 Å². The van der Waals surface area contributed by atoms with Crippen LogP contribution in [0.1, 0.15) is 36.8 Å². The van der Waals surface area contributed by atoms with Gasteiger partial charge in [-0.1, -0.05) is 72.8 Å². The molecule has 0 aliphatic carbocycles. The van der Waals surface area contributed by atoms with Crippen molar-refractivity contribution in [2.24, 2.45) is 5.92 Å². The minimum atomic E-state index is -0.573. The number of esters is 1. The molecule has 1 aliphatic heterocycles. The van der Waals surface area contributed by atoms with E-state index in [0.29, 0.717) is 25.7 Å². The van der Waals surface area contributed by atoms with Gasteiger partial charge in [0.15, 0.2) is 0 Å². The summed E-state index contributed by atoms with van der Waals surface area (Å²) in [4.78, 5) is 38.0. The molecule has 0 spiro atoms. The van der Waals surface area contributed by atoms with Crippen molar-refractivity contribution >= 4 is 17.8 Å². The molecule has 0 fully saturated rings. The summed E-state index contributed by atoms with van der Waals surface area (Å²) in [5.74, 6) is -1.42. The maximum Gasteiger partial charge on any atom is 0.306 e. The van der Waals surface area contributed by atoms with Crippen molar-refractivity contribution in [3.63, 3.8) is 0 Å². The van der Waals surface area contributed by atoms with Crippen LogP contribution in [0, 0.1) is 5.92 Å². The summed E-state index contributed by atoms with van der Waals surface area (Å²) in [6.07, 6.45) is 5.87. The molecule has 0 saturated heterocycles. The number of carbonyl (C=O) groups excluding carboxylic acids is 3. The summed E-state index contributed by atoms with van der Waals surface area (Å²) < 4.78 is 5.39. The van der Waals surface area contributed by atoms with Crippen LogP contribution in [0.3, 0.4) is 0 Å². The van der Waals surface area contributed by atoms with Gasteiger partial charge in [0.25, 0.3) is 0 Å². The van der Waals surface area contributed by atoms with E-state index in [-0.39, 0.29) is 43.8 Å². The van der Waals surface area contributed by atoms with Crippen LogP contribution in [0.4, 0.5) is 0 Å². The highest BCUT2D eigenvalue weighted by Crippen LogP contribution is 2.14. The van der Waals surface area contributed by atoms with Gasteiger partial charge in [-0.15, -0.1) is 0 Å². The Hall–Kier alpha value is -3.45. The first kappa shape index (κ1) is 26.2. The van der Waals surface area contributed by atoms with E-state index in [1.165, 1.54) is 0 Å². The van der Waals surface area contributed by atoms with Gasteiger partial charge in [-0.05, 0) is 36.8 Å². The molecule has 7 heteroatoms. The fourth-order valence-electron chi connectivity index (χ4n) is 4.07. The van der Waals surface area contributed by atoms with Crippen molar-refractivity contribution in [2.75, 3.05) is 13.2 Å². The second-order valence-electron chi connectivity index (χ2n) is 8.86. The van der Waals surface area contributed by atoms with Crippen LogP contribution in [0.2, 0.25) is 0 Å². The third-order valence-electron chi connectivity index (χ3n) is 5.93. The normalized spacial score (nSPS) is 20.0. The average Bonchev–Trinajstić information content (AvgIpc) is 2.86. The standard InChI is InChI=1S/C28H34N2O5/c31-19-24(16-21-10-4-1-5-11-21)29-26(32)18-23-14-8-3-9-15-27(33)35-20-25(30-28(23)34)17-22-12-6-2-7-13-22/h1-8,10-13,23-25,31H,9,14-20H2,(H,29,32)(H,30,34)/t23-,24-,25+/m1/s1. The molecule has 1 heterocycles. The number of allylic oxidation sites excluding steroid dienone is 2. The number of amides is 2. The number of rotatable bonds is 8. The van der Waals surface area contributed by atoms with Crippen molar-refractivity contribution in [3.05, 3.63) is 83.9 Å². The lowest BCUT2D eigenvalue weighted by Crippen LogP contribution is -2.45. The molecule has 2 amide bonds. The minimum absolute atomic E-state index is 0.000687. The number of benzene rings is 2. The van der Waals surface area contributed by atoms with Crippen molar-refractivity contribution in [3.8, 4) is 0 Å². The van der Waals surface area contributed by atoms with Crippen LogP contribution in [0.5, 0.6) is 0 Å². The zero-order chi connectivity index (χ0) is 24.9. The van der Waals surface area contributed by atoms with Crippen LogP contribution in [-0.4, -0.2) is 48.2 Å². The molecule has 7 nitrogen and oxygen atoms in total. The molecular weight excluding hydrogens is 444 g/mol. The Bertz CT molecular complexity index is 977. The minimum Gasteiger partial charge on any atom is -0.463 e. The molecule has 0 bridgehead atoms. The summed E-state index contributed by atoms with van der Waals surface area (Å²) in [5.41, 5.74) is 2.03. The van der Waals surface area contributed by atoms with Gasteiger partial charge >= 0.3 is 5.97 Å². The summed E-state index contributed by atoms with van der Waals surface area (Å²) >= 11 is 0. The maximum absolute atomic E-state index is 13.2. The number of cyclic esters (lactones) is 1. The summed E-state index contributed by atoms with van der Waals surface area (Å²) in [5, 5.41) is 15.6. The fraction of sp³-hybridized carbons (Fsp3) is 0.393. The lowest BCUT2D eigenvalue weighted by molar-refractivity contribution is -0.145. The maximum atomic E-state index is 13.2. The molecule has 0 unspecified atom stereocenters. The number of hydrogen-bond acceptors (Lipinski definition) is 5. The predicted molar refractivity (Wildman–Crippen MR) is 133 cm³/mol. The third-order valence-corrected chi connectivity index (χ3v) is 5.93. The van der Waals surface area contributed by atoms with Gasteiger partial charge in [0, 0.05) is 12.8 Å². The van der Waals surface area contributed by atoms with Crippen molar-refractivity contribution < 1.29 is 24.2 Å². The molecule has 3 N–H and O–H groups in total. The Kier molecular flexibility index (Phi) is 10.5. The number of carbonyl (C=O) groups is 3. The van der Waals surface area contributed by atoms with E-state index in [2.05, 4.69) is 10.6 Å². The van der Waals surface area contributed by atoms with Crippen LogP contribution >= 0.6 is 0 Å². The molecule has 3 atom stereocenters. The molecule has 2 aromatic carbocycles. The lowest BCUT2D eigenvalue weighted by Gasteiger charge is -2.23. The van der Waals surface area contributed by atoms with E-state index >= 15 is 0 Å². The van der Waals surface area contributed by atoms with E-state index in [9.17, 15) is 19.5 Å². The molecular formula is C28H34N2O5. The van der Waals surface area contributed by atoms with E-state index in [1.807, 2.05) is 72.8 Å². The average molecular weight is 479 g/mol. The monoisotopic (exact) mass is 478 g/mol. The highest BCUT2D eigenvalue weighted by molar-refractivity contribution is 5.86. The first-order chi connectivity index (χ1) is 17.0. The molecule has 0 radical (unpaired) electrons. The molecule has 186 valence electrons. The van der Waals surface area contributed by atoms with Crippen molar-refractivity contribution in [1.29, 1.82) is 0 Å². The second-order valence-corrected chi connectivity index (χ2v) is 8.86. The molecule has 3 rings (SSSR count). The van der Waals surface area contributed by atoms with Crippen LogP contribution < -0.4 is 10.6 Å². The van der Waals surface area contributed by atoms with Crippen LogP contribution in [-0.2, 0) is 32.0 Å². The molecule has 35 heavy (non-hydrogen) atoms. The van der Waals surface area contributed by atoms with Gasteiger partial charge in [0.05, 0.1) is 24.6 Å². The third kappa shape index (κ3) is 9.37. The SMILES string of the molecule is O=C(C[C@H]1CC=CCCC(=O)OC[C@H](Cc2ccccc2)NC1=O)N[C@@H](CO)Cc1ccccc1. The quantitative estimate of drug-likeness (QED) is 0.400. The van der Waals surface area contributed by atoms with Gasteiger partial charge in [-0.3, -0.25) is 14.4 Å². The first-order valence-electron chi connectivity index (χ1n) is 12.1. The summed E-state index contributed by atoms with van der Waals surface area (Å²) in [7, 11) is 0. The largest absolute Gasteiger partial charge is 0.463 e. The van der Waals surface area contributed by atoms with E-state index in [0.717, 1.165) is 11.1 Å². The van der Waals surface area contributed by atoms with Gasteiger partial charge < -0.3 is 20.5 Å². The van der Waals surface area contributed by atoms with Gasteiger partial charge in [-0.2, -0.15) is 0 Å². The number of aliphatic hydroxyl groups is 1. The first-order valence-corrected chi connectivity index (χ1v) is 12.1. The van der Waals surface area contributed by atoms with Crippen LogP contribution in [0.15, 0.2) is 72.8 Å². The Morgan fingerprint density at radius 1 is 1.03 bits per heavy atom. The fourth-order valence-corrected chi connectivity index (χ4v) is 4.07. The number of ether oxygens (including phenoxy) is 1. The smallest absolute Gasteiger partial charge is 0.306 e. The van der Waals surface area contributed by atoms with Gasteiger partial charge in [-0.25, -0.2) is 0 Å². The van der Waals surface area contributed by atoms with E-state index in [4.69, 9.17) is 4.74 Å². The highest BCUT2D eigenvalue weighted by Gasteiger charge is 2.25. The van der Waals surface area contributed by atoms with Gasteiger partial charge in [0.2, 0.25) is 11.8 Å². The molecule has 2 aromatic rings. The second kappa shape index (κ2) is 14.1. The highest BCUT2D eigenvalue weighted by atomic mass is 16.5. The number of nitrogens with one attached hydrogen (secondary N) is 2. The molecule has 0 aromatic heterocycles. The summed E-state index contributed by atoms with van der Waals surface area (Å²) in [6.45, 7) is -0.117. The number of hydrogen-bond donors (Lipinski definition) is 3. The Morgan fingerprint density at radius 3 is 2.40 bits per heavy atom. The topological polar surface area (TPSA) is 105 Å². The van der Waals surface area contributed by atoms with Crippen LogP contribution in [0.25, 0.3) is 0 Å².